The van der Waals surface area contributed by atoms with Crippen molar-refractivity contribution >= 4 is 40.5 Å². The van der Waals surface area contributed by atoms with E-state index >= 15 is 0 Å². The molecular formula is C14H18ClN3OS. The molecule has 0 atom stereocenters. The molecule has 6 heteroatoms. The van der Waals surface area contributed by atoms with Gasteiger partial charge < -0.3 is 16.0 Å². The summed E-state index contributed by atoms with van der Waals surface area (Å²) >= 11 is 10.8. The summed E-state index contributed by atoms with van der Waals surface area (Å²) in [6.07, 6.45) is 4.31. The van der Waals surface area contributed by atoms with Crippen molar-refractivity contribution in [2.45, 2.75) is 31.7 Å². The van der Waals surface area contributed by atoms with E-state index in [1.54, 1.807) is 29.2 Å². The minimum Gasteiger partial charge on any atom is -0.392 e. The van der Waals surface area contributed by atoms with Crippen LogP contribution in [0, 0.1) is 0 Å². The Kier molecular flexibility index (Phi) is 5.20. The van der Waals surface area contributed by atoms with Crippen molar-refractivity contribution in [2.24, 2.45) is 5.73 Å². The number of hydrogen-bond acceptors (Lipinski definition) is 2. The molecule has 0 bridgehead atoms. The van der Waals surface area contributed by atoms with Crippen molar-refractivity contribution in [3.63, 3.8) is 0 Å². The lowest BCUT2D eigenvalue weighted by atomic mass is 10.2. The van der Waals surface area contributed by atoms with Gasteiger partial charge in [0.1, 0.15) is 0 Å². The van der Waals surface area contributed by atoms with Crippen LogP contribution in [0.5, 0.6) is 0 Å². The van der Waals surface area contributed by atoms with Gasteiger partial charge in [-0.3, -0.25) is 0 Å². The first-order valence-corrected chi connectivity index (χ1v) is 7.46. The van der Waals surface area contributed by atoms with Crippen LogP contribution in [-0.4, -0.2) is 28.5 Å². The number of nitrogens with one attached hydrogen (secondary N) is 1. The van der Waals surface area contributed by atoms with Gasteiger partial charge in [-0.2, -0.15) is 0 Å². The Hall–Kier alpha value is -1.33. The van der Waals surface area contributed by atoms with Gasteiger partial charge in [-0.1, -0.05) is 36.7 Å². The summed E-state index contributed by atoms with van der Waals surface area (Å²) in [5, 5.41) is 3.50. The normalized spacial score (nSPS) is 15.1. The highest BCUT2D eigenvalue weighted by atomic mass is 35.5. The molecule has 1 fully saturated rings. The predicted octanol–water partition coefficient (Wildman–Crippen LogP) is 3.40. The van der Waals surface area contributed by atoms with Crippen LogP contribution in [0.4, 0.5) is 10.5 Å². The third-order valence-electron chi connectivity index (χ3n) is 3.45. The molecule has 1 aliphatic rings. The standard InChI is InChI=1S/C14H18ClN3OS/c15-10-5-7-11(8-6-10)17-14(19)18(9-13(16)20)12-3-1-2-4-12/h5-8,12H,1-4,9H2,(H2,16,20)(H,17,19). The number of benzene rings is 1. The van der Waals surface area contributed by atoms with Gasteiger partial charge in [0.2, 0.25) is 0 Å². The smallest absolute Gasteiger partial charge is 0.322 e. The Bertz CT molecular complexity index is 486. The first kappa shape index (κ1) is 15.1. The number of urea groups is 1. The monoisotopic (exact) mass is 311 g/mol. The van der Waals surface area contributed by atoms with Gasteiger partial charge in [-0.15, -0.1) is 0 Å². The summed E-state index contributed by atoms with van der Waals surface area (Å²) in [5.74, 6) is 0. The number of halogens is 1. The number of nitrogens with zero attached hydrogens (tertiary/aromatic N) is 1. The summed E-state index contributed by atoms with van der Waals surface area (Å²) in [5.41, 5.74) is 6.32. The molecule has 1 aliphatic carbocycles. The maximum atomic E-state index is 12.4. The van der Waals surface area contributed by atoms with Crippen LogP contribution < -0.4 is 11.1 Å². The van der Waals surface area contributed by atoms with Gasteiger partial charge in [0.25, 0.3) is 0 Å². The fraction of sp³-hybridized carbons (Fsp3) is 0.429. The van der Waals surface area contributed by atoms with Crippen LogP contribution in [0.25, 0.3) is 0 Å². The zero-order valence-electron chi connectivity index (χ0n) is 11.1. The Labute approximate surface area is 129 Å². The number of nitrogens with two attached hydrogens (primary N) is 1. The summed E-state index contributed by atoms with van der Waals surface area (Å²) < 4.78 is 0. The highest BCUT2D eigenvalue weighted by Gasteiger charge is 2.27. The van der Waals surface area contributed by atoms with Crippen LogP contribution >= 0.6 is 23.8 Å². The number of thiocarbonyl (C=S) groups is 1. The maximum absolute atomic E-state index is 12.4. The maximum Gasteiger partial charge on any atom is 0.322 e. The van der Waals surface area contributed by atoms with E-state index in [1.807, 2.05) is 0 Å². The average molecular weight is 312 g/mol. The van der Waals surface area contributed by atoms with Crippen LogP contribution in [0.15, 0.2) is 24.3 Å². The fourth-order valence-electron chi connectivity index (χ4n) is 2.48. The molecule has 2 rings (SSSR count). The van der Waals surface area contributed by atoms with Crippen LogP contribution in [0.3, 0.4) is 0 Å². The van der Waals surface area contributed by atoms with E-state index in [1.165, 1.54) is 0 Å². The Morgan fingerprint density at radius 1 is 1.35 bits per heavy atom. The molecule has 2 amide bonds. The summed E-state index contributed by atoms with van der Waals surface area (Å²) in [4.78, 5) is 14.5. The van der Waals surface area contributed by atoms with E-state index in [0.29, 0.717) is 22.2 Å². The molecule has 108 valence electrons. The minimum atomic E-state index is -0.160. The molecule has 20 heavy (non-hydrogen) atoms. The number of anilines is 1. The number of carbonyl (C=O) groups is 1. The molecule has 0 heterocycles. The van der Waals surface area contributed by atoms with E-state index < -0.39 is 0 Å². The first-order chi connectivity index (χ1) is 9.56. The van der Waals surface area contributed by atoms with Crippen LogP contribution in [-0.2, 0) is 0 Å². The molecule has 0 radical (unpaired) electrons. The number of hydrogen-bond donors (Lipinski definition) is 2. The second-order valence-corrected chi connectivity index (χ2v) is 5.93. The van der Waals surface area contributed by atoms with E-state index in [9.17, 15) is 4.79 Å². The molecule has 0 spiro atoms. The molecule has 0 unspecified atom stereocenters. The van der Waals surface area contributed by atoms with Gasteiger partial charge in [0, 0.05) is 16.8 Å². The molecule has 3 N–H and O–H groups in total. The van der Waals surface area contributed by atoms with E-state index in [-0.39, 0.29) is 12.1 Å². The number of rotatable bonds is 4. The summed E-state index contributed by atoms with van der Waals surface area (Å²) in [6, 6.07) is 7.09. The molecule has 1 aromatic rings. The molecule has 0 aromatic heterocycles. The van der Waals surface area contributed by atoms with Gasteiger partial charge in [-0.05, 0) is 37.1 Å². The quantitative estimate of drug-likeness (QED) is 0.838. The van der Waals surface area contributed by atoms with Crippen LogP contribution in [0.2, 0.25) is 5.02 Å². The molecule has 4 nitrogen and oxygen atoms in total. The Morgan fingerprint density at radius 2 is 1.95 bits per heavy atom. The first-order valence-electron chi connectivity index (χ1n) is 6.68. The SMILES string of the molecule is NC(=S)CN(C(=O)Nc1ccc(Cl)cc1)C1CCCC1. The number of amides is 2. The van der Waals surface area contributed by atoms with Crippen molar-refractivity contribution in [3.05, 3.63) is 29.3 Å². The lowest BCUT2D eigenvalue weighted by Crippen LogP contribution is -2.45. The van der Waals surface area contributed by atoms with E-state index in [0.717, 1.165) is 25.7 Å². The average Bonchev–Trinajstić information content (AvgIpc) is 2.92. The zero-order valence-corrected chi connectivity index (χ0v) is 12.7. The van der Waals surface area contributed by atoms with Crippen molar-refractivity contribution in [2.75, 3.05) is 11.9 Å². The van der Waals surface area contributed by atoms with Crippen LogP contribution in [0.1, 0.15) is 25.7 Å². The second-order valence-electron chi connectivity index (χ2n) is 4.97. The highest BCUT2D eigenvalue weighted by Crippen LogP contribution is 2.24. The topological polar surface area (TPSA) is 58.4 Å². The van der Waals surface area contributed by atoms with Gasteiger partial charge in [0.15, 0.2) is 0 Å². The van der Waals surface area contributed by atoms with Gasteiger partial charge in [-0.25, -0.2) is 4.79 Å². The molecule has 0 aliphatic heterocycles. The van der Waals surface area contributed by atoms with Gasteiger partial charge in [0.05, 0.1) is 11.5 Å². The molecule has 1 saturated carbocycles. The van der Waals surface area contributed by atoms with Gasteiger partial charge >= 0.3 is 6.03 Å². The molecule has 1 aromatic carbocycles. The lowest BCUT2D eigenvalue weighted by Gasteiger charge is -2.28. The Balaban J connectivity index is 2.05. The van der Waals surface area contributed by atoms with E-state index in [2.05, 4.69) is 5.32 Å². The Morgan fingerprint density at radius 3 is 2.50 bits per heavy atom. The third kappa shape index (κ3) is 4.08. The highest BCUT2D eigenvalue weighted by molar-refractivity contribution is 7.80. The second kappa shape index (κ2) is 6.90. The predicted molar refractivity (Wildman–Crippen MR) is 86.2 cm³/mol. The number of carbonyl (C=O) groups excluding carboxylic acids is 1. The largest absolute Gasteiger partial charge is 0.392 e. The summed E-state index contributed by atoms with van der Waals surface area (Å²) in [7, 11) is 0. The van der Waals surface area contributed by atoms with E-state index in [4.69, 9.17) is 29.6 Å². The third-order valence-corrected chi connectivity index (χ3v) is 3.83. The summed E-state index contributed by atoms with van der Waals surface area (Å²) in [6.45, 7) is 0.319. The van der Waals surface area contributed by atoms with Crippen molar-refractivity contribution in [1.29, 1.82) is 0 Å². The zero-order chi connectivity index (χ0) is 14.5. The van der Waals surface area contributed by atoms with Crippen molar-refractivity contribution in [3.8, 4) is 0 Å². The van der Waals surface area contributed by atoms with Crippen molar-refractivity contribution in [1.82, 2.24) is 4.90 Å². The lowest BCUT2D eigenvalue weighted by molar-refractivity contribution is 0.199. The van der Waals surface area contributed by atoms with Crippen molar-refractivity contribution < 1.29 is 4.79 Å². The fourth-order valence-corrected chi connectivity index (χ4v) is 2.74. The molecule has 0 saturated heterocycles. The minimum absolute atomic E-state index is 0.160. The molecular weight excluding hydrogens is 294 g/mol.